The predicted octanol–water partition coefficient (Wildman–Crippen LogP) is 4.12. The van der Waals surface area contributed by atoms with Gasteiger partial charge in [-0.2, -0.15) is 0 Å². The van der Waals surface area contributed by atoms with E-state index in [1.54, 1.807) is 0 Å². The maximum Gasteiger partial charge on any atom is 0.0429 e. The number of likely N-dealkylation sites (N-methyl/N-ethyl adjacent to an activating group) is 1. The van der Waals surface area contributed by atoms with Crippen LogP contribution in [0.5, 0.6) is 0 Å². The highest BCUT2D eigenvalue weighted by Gasteiger charge is 2.23. The molecule has 2 nitrogen and oxygen atoms in total. The molecule has 2 rings (SSSR count). The number of aryl methyl sites for hydroxylation is 3. The van der Waals surface area contributed by atoms with Gasteiger partial charge in [0, 0.05) is 18.6 Å². The molecule has 0 bridgehead atoms. The third-order valence-corrected chi connectivity index (χ3v) is 5.20. The lowest BCUT2D eigenvalue weighted by atomic mass is 9.86. The summed E-state index contributed by atoms with van der Waals surface area (Å²) in [6.07, 6.45) is 5.40. The monoisotopic (exact) mass is 288 g/mol. The summed E-state index contributed by atoms with van der Waals surface area (Å²) in [5, 5.41) is 0. The fraction of sp³-hybridized carbons (Fsp3) is 0.684. The van der Waals surface area contributed by atoms with Gasteiger partial charge >= 0.3 is 0 Å². The quantitative estimate of drug-likeness (QED) is 0.903. The van der Waals surface area contributed by atoms with Gasteiger partial charge in [0.05, 0.1) is 0 Å². The molecule has 0 amide bonds. The molecule has 1 saturated carbocycles. The van der Waals surface area contributed by atoms with Gasteiger partial charge < -0.3 is 10.6 Å². The number of hydrogen-bond donors (Lipinski definition) is 1. The Morgan fingerprint density at radius 1 is 1.10 bits per heavy atom. The van der Waals surface area contributed by atoms with Crippen molar-refractivity contribution in [3.05, 3.63) is 34.4 Å². The molecule has 0 saturated heterocycles. The zero-order valence-electron chi connectivity index (χ0n) is 14.4. The minimum absolute atomic E-state index is 0.120. The molecule has 0 spiro atoms. The Labute approximate surface area is 130 Å². The largest absolute Gasteiger partial charge is 0.323 e. The van der Waals surface area contributed by atoms with E-state index in [1.165, 1.54) is 47.9 Å². The van der Waals surface area contributed by atoms with Gasteiger partial charge in [0.2, 0.25) is 0 Å². The Morgan fingerprint density at radius 2 is 1.62 bits per heavy atom. The molecule has 1 atom stereocenters. The first-order valence-electron chi connectivity index (χ1n) is 8.42. The number of hydrogen-bond acceptors (Lipinski definition) is 2. The second kappa shape index (κ2) is 6.93. The second-order valence-electron chi connectivity index (χ2n) is 7.27. The molecule has 1 aliphatic rings. The molecular formula is C19H32N2. The van der Waals surface area contributed by atoms with Gasteiger partial charge in [-0.15, -0.1) is 0 Å². The van der Waals surface area contributed by atoms with Crippen molar-refractivity contribution < 1.29 is 0 Å². The summed E-state index contributed by atoms with van der Waals surface area (Å²) in [5.74, 6) is 0.907. The van der Waals surface area contributed by atoms with E-state index in [0.29, 0.717) is 0 Å². The van der Waals surface area contributed by atoms with E-state index in [4.69, 9.17) is 5.73 Å². The van der Waals surface area contributed by atoms with Gasteiger partial charge in [0.1, 0.15) is 0 Å². The van der Waals surface area contributed by atoms with E-state index in [-0.39, 0.29) is 6.04 Å². The summed E-state index contributed by atoms with van der Waals surface area (Å²) < 4.78 is 0. The topological polar surface area (TPSA) is 29.3 Å². The molecule has 1 unspecified atom stereocenters. The van der Waals surface area contributed by atoms with Crippen LogP contribution in [0.1, 0.15) is 60.9 Å². The maximum absolute atomic E-state index is 6.54. The Morgan fingerprint density at radius 3 is 2.14 bits per heavy atom. The van der Waals surface area contributed by atoms with Gasteiger partial charge in [-0.1, -0.05) is 24.6 Å². The van der Waals surface area contributed by atoms with Crippen molar-refractivity contribution in [2.75, 3.05) is 13.6 Å². The first kappa shape index (κ1) is 16.5. The first-order valence-corrected chi connectivity index (χ1v) is 8.42. The zero-order valence-corrected chi connectivity index (χ0v) is 14.4. The summed E-state index contributed by atoms with van der Waals surface area (Å²) in [5.41, 5.74) is 11.9. The van der Waals surface area contributed by atoms with Crippen molar-refractivity contribution in [2.45, 2.75) is 65.5 Å². The summed E-state index contributed by atoms with van der Waals surface area (Å²) in [6.45, 7) is 9.88. The van der Waals surface area contributed by atoms with E-state index in [1.807, 2.05) is 0 Å². The van der Waals surface area contributed by atoms with Crippen molar-refractivity contribution in [2.24, 2.45) is 11.7 Å². The predicted molar refractivity (Wildman–Crippen MR) is 91.6 cm³/mol. The van der Waals surface area contributed by atoms with Crippen molar-refractivity contribution in [1.29, 1.82) is 0 Å². The summed E-state index contributed by atoms with van der Waals surface area (Å²) in [4.78, 5) is 2.50. The minimum atomic E-state index is 0.120. The van der Waals surface area contributed by atoms with Gasteiger partial charge in [0.25, 0.3) is 0 Å². The smallest absolute Gasteiger partial charge is 0.0429 e. The molecule has 1 aromatic rings. The number of nitrogens with two attached hydrogens (primary N) is 1. The van der Waals surface area contributed by atoms with Crippen molar-refractivity contribution in [3.63, 3.8) is 0 Å². The lowest BCUT2D eigenvalue weighted by Crippen LogP contribution is -2.39. The molecule has 0 radical (unpaired) electrons. The van der Waals surface area contributed by atoms with Crippen LogP contribution in [-0.2, 0) is 0 Å². The van der Waals surface area contributed by atoms with Gasteiger partial charge in [-0.3, -0.25) is 0 Å². The Balaban J connectivity index is 2.02. The van der Waals surface area contributed by atoms with E-state index in [2.05, 4.69) is 51.8 Å². The van der Waals surface area contributed by atoms with Crippen LogP contribution in [-0.4, -0.2) is 24.5 Å². The van der Waals surface area contributed by atoms with Crippen LogP contribution < -0.4 is 5.73 Å². The van der Waals surface area contributed by atoms with Gasteiger partial charge in [-0.05, 0) is 76.1 Å². The maximum atomic E-state index is 6.54. The van der Waals surface area contributed by atoms with Crippen LogP contribution in [0.4, 0.5) is 0 Å². The standard InChI is InChI=1S/C19H32N2/c1-13-6-8-17(9-7-13)21(5)12-18(20)19-15(3)10-14(2)11-16(19)4/h10-11,13,17-18H,6-9,12,20H2,1-5H3. The fourth-order valence-electron chi connectivity index (χ4n) is 4.01. The minimum Gasteiger partial charge on any atom is -0.323 e. The third-order valence-electron chi connectivity index (χ3n) is 5.20. The summed E-state index contributed by atoms with van der Waals surface area (Å²) in [6, 6.07) is 5.35. The van der Waals surface area contributed by atoms with E-state index >= 15 is 0 Å². The molecule has 1 fully saturated rings. The Hall–Kier alpha value is -0.860. The average Bonchev–Trinajstić information content (AvgIpc) is 2.37. The van der Waals surface area contributed by atoms with Crippen LogP contribution in [0.3, 0.4) is 0 Å². The lowest BCUT2D eigenvalue weighted by molar-refractivity contribution is 0.162. The number of rotatable bonds is 4. The molecular weight excluding hydrogens is 256 g/mol. The van der Waals surface area contributed by atoms with Crippen LogP contribution in [0.15, 0.2) is 12.1 Å². The number of nitrogens with zero attached hydrogens (tertiary/aromatic N) is 1. The highest BCUT2D eigenvalue weighted by Crippen LogP contribution is 2.28. The first-order chi connectivity index (χ1) is 9.88. The summed E-state index contributed by atoms with van der Waals surface area (Å²) >= 11 is 0. The highest BCUT2D eigenvalue weighted by atomic mass is 15.1. The van der Waals surface area contributed by atoms with Crippen LogP contribution in [0, 0.1) is 26.7 Å². The molecule has 2 N–H and O–H groups in total. The van der Waals surface area contributed by atoms with Crippen LogP contribution in [0.25, 0.3) is 0 Å². The van der Waals surface area contributed by atoms with Crippen molar-refractivity contribution >= 4 is 0 Å². The van der Waals surface area contributed by atoms with Crippen LogP contribution >= 0.6 is 0 Å². The fourth-order valence-corrected chi connectivity index (χ4v) is 4.01. The summed E-state index contributed by atoms with van der Waals surface area (Å²) in [7, 11) is 2.25. The third kappa shape index (κ3) is 4.08. The Bertz CT molecular complexity index is 449. The van der Waals surface area contributed by atoms with Crippen molar-refractivity contribution in [1.82, 2.24) is 4.90 Å². The van der Waals surface area contributed by atoms with Crippen molar-refractivity contribution in [3.8, 4) is 0 Å². The molecule has 21 heavy (non-hydrogen) atoms. The van der Waals surface area contributed by atoms with Gasteiger partial charge in [-0.25, -0.2) is 0 Å². The molecule has 1 aliphatic carbocycles. The van der Waals surface area contributed by atoms with Gasteiger partial charge in [0.15, 0.2) is 0 Å². The molecule has 118 valence electrons. The second-order valence-corrected chi connectivity index (χ2v) is 7.27. The number of benzene rings is 1. The Kier molecular flexibility index (Phi) is 5.45. The van der Waals surface area contributed by atoms with E-state index in [0.717, 1.165) is 18.5 Å². The van der Waals surface area contributed by atoms with E-state index in [9.17, 15) is 0 Å². The average molecular weight is 288 g/mol. The molecule has 0 aliphatic heterocycles. The molecule has 0 heterocycles. The normalized spacial score (nSPS) is 24.3. The molecule has 0 aromatic heterocycles. The van der Waals surface area contributed by atoms with Crippen LogP contribution in [0.2, 0.25) is 0 Å². The zero-order chi connectivity index (χ0) is 15.6. The SMILES string of the molecule is Cc1cc(C)c(C(N)CN(C)C2CCC(C)CC2)c(C)c1. The lowest BCUT2D eigenvalue weighted by Gasteiger charge is -2.35. The molecule has 2 heteroatoms. The van der Waals surface area contributed by atoms with E-state index < -0.39 is 0 Å². The highest BCUT2D eigenvalue weighted by molar-refractivity contribution is 5.39. The molecule has 1 aromatic carbocycles.